The summed E-state index contributed by atoms with van der Waals surface area (Å²) in [6, 6.07) is 0.608. The maximum Gasteiger partial charge on any atom is 0.394 e. The highest BCUT2D eigenvalue weighted by molar-refractivity contribution is 7.16. The zero-order chi connectivity index (χ0) is 19.6. The number of carbonyl (C=O) groups excluding carboxylic acids is 2. The summed E-state index contributed by atoms with van der Waals surface area (Å²) in [7, 11) is 0. The molecule has 144 valence electrons. The third-order valence-corrected chi connectivity index (χ3v) is 4.88. The molecule has 1 aromatic rings. The molecule has 2 heterocycles. The molecule has 0 saturated carbocycles. The Morgan fingerprint density at radius 3 is 2.54 bits per heavy atom. The normalized spacial score (nSPS) is 20.1. The molecule has 0 bridgehead atoms. The first-order valence-corrected chi connectivity index (χ1v) is 8.49. The standard InChI is InChI=1S/C15H17F3N2O5S/c1-3-25-13(23)8-4-7(2)26-11(8)19-14(24)20-5-9(12(21)22)10(6-20)15(16,17)18/h4,9-10H,3,5-6H2,1-2H3,(H,19,24)(H,21,22)/t9-,10-/m1/s1. The second-order valence-corrected chi connectivity index (χ2v) is 7.00. The number of aliphatic carboxylic acids is 1. The lowest BCUT2D eigenvalue weighted by molar-refractivity contribution is -0.187. The fraction of sp³-hybridized carbons (Fsp3) is 0.533. The molecule has 1 fully saturated rings. The number of carboxylic acids is 1. The molecular formula is C15H17F3N2O5S. The van der Waals surface area contributed by atoms with E-state index in [1.165, 1.54) is 6.07 Å². The summed E-state index contributed by atoms with van der Waals surface area (Å²) < 4.78 is 43.9. The molecule has 7 nitrogen and oxygen atoms in total. The Morgan fingerprint density at radius 2 is 2.04 bits per heavy atom. The number of esters is 1. The van der Waals surface area contributed by atoms with Crippen molar-refractivity contribution in [3.8, 4) is 0 Å². The molecule has 2 N–H and O–H groups in total. The van der Waals surface area contributed by atoms with E-state index in [9.17, 15) is 27.6 Å². The van der Waals surface area contributed by atoms with Crippen molar-refractivity contribution in [2.75, 3.05) is 25.0 Å². The van der Waals surface area contributed by atoms with Crippen molar-refractivity contribution in [2.45, 2.75) is 20.0 Å². The van der Waals surface area contributed by atoms with E-state index in [1.807, 2.05) is 0 Å². The number of halogens is 3. The summed E-state index contributed by atoms with van der Waals surface area (Å²) in [6.45, 7) is 2.11. The fourth-order valence-corrected chi connectivity index (χ4v) is 3.58. The van der Waals surface area contributed by atoms with Crippen LogP contribution in [0.5, 0.6) is 0 Å². The molecule has 1 aliphatic heterocycles. The molecule has 0 spiro atoms. The summed E-state index contributed by atoms with van der Waals surface area (Å²) in [5.41, 5.74) is 0.101. The van der Waals surface area contributed by atoms with E-state index in [0.29, 0.717) is 4.88 Å². The van der Waals surface area contributed by atoms with Gasteiger partial charge >= 0.3 is 24.1 Å². The SMILES string of the molecule is CCOC(=O)c1cc(C)sc1NC(=O)N1C[C@@H](C(F)(F)F)[C@H](C(=O)O)C1. The van der Waals surface area contributed by atoms with Crippen molar-refractivity contribution < 1.29 is 37.4 Å². The zero-order valence-electron chi connectivity index (χ0n) is 13.9. The van der Waals surface area contributed by atoms with Gasteiger partial charge in [-0.05, 0) is 19.9 Å². The molecule has 2 rings (SSSR count). The van der Waals surface area contributed by atoms with E-state index in [1.54, 1.807) is 13.8 Å². The molecule has 26 heavy (non-hydrogen) atoms. The van der Waals surface area contributed by atoms with Gasteiger partial charge in [-0.15, -0.1) is 11.3 Å². The highest BCUT2D eigenvalue weighted by atomic mass is 32.1. The van der Waals surface area contributed by atoms with Crippen LogP contribution in [0.15, 0.2) is 6.07 Å². The number of hydrogen-bond acceptors (Lipinski definition) is 5. The Hall–Kier alpha value is -2.30. The van der Waals surface area contributed by atoms with Gasteiger partial charge in [0.25, 0.3) is 0 Å². The number of hydrogen-bond donors (Lipinski definition) is 2. The number of nitrogens with zero attached hydrogens (tertiary/aromatic N) is 1. The van der Waals surface area contributed by atoms with Crippen molar-refractivity contribution in [3.63, 3.8) is 0 Å². The number of amides is 2. The van der Waals surface area contributed by atoms with Crippen LogP contribution in [0.4, 0.5) is 23.0 Å². The van der Waals surface area contributed by atoms with Crippen LogP contribution in [0, 0.1) is 18.8 Å². The van der Waals surface area contributed by atoms with Crippen molar-refractivity contribution in [2.24, 2.45) is 11.8 Å². The number of urea groups is 1. The Morgan fingerprint density at radius 1 is 1.38 bits per heavy atom. The molecule has 1 aromatic heterocycles. The lowest BCUT2D eigenvalue weighted by atomic mass is 9.96. The first kappa shape index (κ1) is 20.0. The van der Waals surface area contributed by atoms with Gasteiger partial charge in [-0.25, -0.2) is 9.59 Å². The lowest BCUT2D eigenvalue weighted by Crippen LogP contribution is -2.35. The van der Waals surface area contributed by atoms with Gasteiger partial charge in [-0.2, -0.15) is 13.2 Å². The number of aryl methyl sites for hydroxylation is 1. The van der Waals surface area contributed by atoms with Crippen LogP contribution in [0.2, 0.25) is 0 Å². The number of thiophene rings is 1. The molecule has 0 aromatic carbocycles. The van der Waals surface area contributed by atoms with Crippen LogP contribution in [0.1, 0.15) is 22.2 Å². The average Bonchev–Trinajstić information content (AvgIpc) is 3.11. The molecule has 0 radical (unpaired) electrons. The minimum atomic E-state index is -4.73. The summed E-state index contributed by atoms with van der Waals surface area (Å²) in [4.78, 5) is 36.8. The van der Waals surface area contributed by atoms with Gasteiger partial charge < -0.3 is 14.7 Å². The quantitative estimate of drug-likeness (QED) is 0.766. The maximum atomic E-state index is 13.0. The molecule has 1 aliphatic rings. The van der Waals surface area contributed by atoms with Gasteiger partial charge in [0.15, 0.2) is 0 Å². The Kier molecular flexibility index (Phi) is 5.79. The predicted octanol–water partition coefficient (Wildman–Crippen LogP) is 2.96. The predicted molar refractivity (Wildman–Crippen MR) is 86.3 cm³/mol. The third kappa shape index (κ3) is 4.26. The highest BCUT2D eigenvalue weighted by Crippen LogP contribution is 2.38. The number of carboxylic acid groups (broad SMARTS) is 1. The van der Waals surface area contributed by atoms with Crippen molar-refractivity contribution >= 4 is 34.3 Å². The highest BCUT2D eigenvalue weighted by Gasteiger charge is 2.53. The minimum Gasteiger partial charge on any atom is -0.481 e. The Labute approximate surface area is 150 Å². The van der Waals surface area contributed by atoms with Crippen LogP contribution >= 0.6 is 11.3 Å². The number of likely N-dealkylation sites (tertiary alicyclic amines) is 1. The van der Waals surface area contributed by atoms with Gasteiger partial charge in [0.05, 0.1) is 24.0 Å². The smallest absolute Gasteiger partial charge is 0.394 e. The molecule has 11 heteroatoms. The van der Waals surface area contributed by atoms with Crippen molar-refractivity contribution in [1.82, 2.24) is 4.90 Å². The summed E-state index contributed by atoms with van der Waals surface area (Å²) >= 11 is 1.07. The monoisotopic (exact) mass is 394 g/mol. The number of ether oxygens (including phenoxy) is 1. The Balaban J connectivity index is 2.16. The van der Waals surface area contributed by atoms with E-state index in [0.717, 1.165) is 16.2 Å². The van der Waals surface area contributed by atoms with Gasteiger partial charge in [0, 0.05) is 18.0 Å². The number of alkyl halides is 3. The van der Waals surface area contributed by atoms with Crippen LogP contribution in [-0.2, 0) is 9.53 Å². The van der Waals surface area contributed by atoms with Crippen LogP contribution in [0.25, 0.3) is 0 Å². The molecule has 0 aliphatic carbocycles. The first-order chi connectivity index (χ1) is 12.0. The topological polar surface area (TPSA) is 95.9 Å². The van der Waals surface area contributed by atoms with E-state index >= 15 is 0 Å². The van der Waals surface area contributed by atoms with Gasteiger partial charge in [-0.1, -0.05) is 0 Å². The molecular weight excluding hydrogens is 377 g/mol. The summed E-state index contributed by atoms with van der Waals surface area (Å²) in [6.07, 6.45) is -4.73. The largest absolute Gasteiger partial charge is 0.481 e. The number of nitrogens with one attached hydrogen (secondary N) is 1. The number of rotatable bonds is 4. The zero-order valence-corrected chi connectivity index (χ0v) is 14.7. The van der Waals surface area contributed by atoms with E-state index in [-0.39, 0.29) is 17.2 Å². The van der Waals surface area contributed by atoms with Crippen molar-refractivity contribution in [3.05, 3.63) is 16.5 Å². The molecule has 2 atom stereocenters. The summed E-state index contributed by atoms with van der Waals surface area (Å²) in [5, 5.41) is 11.5. The van der Waals surface area contributed by atoms with Gasteiger partial charge in [0.1, 0.15) is 5.00 Å². The molecule has 0 unspecified atom stereocenters. The van der Waals surface area contributed by atoms with Gasteiger partial charge in [0.2, 0.25) is 0 Å². The Bertz CT molecular complexity index is 719. The van der Waals surface area contributed by atoms with Crippen LogP contribution in [-0.4, -0.2) is 53.8 Å². The lowest BCUT2D eigenvalue weighted by Gasteiger charge is -2.18. The van der Waals surface area contributed by atoms with Gasteiger partial charge in [-0.3, -0.25) is 10.1 Å². The fourth-order valence-electron chi connectivity index (χ4n) is 2.70. The molecule has 2 amide bonds. The van der Waals surface area contributed by atoms with E-state index in [4.69, 9.17) is 9.84 Å². The summed E-state index contributed by atoms with van der Waals surface area (Å²) in [5.74, 6) is -6.14. The second kappa shape index (κ2) is 7.52. The third-order valence-electron chi connectivity index (χ3n) is 3.92. The van der Waals surface area contributed by atoms with Crippen LogP contribution in [0.3, 0.4) is 0 Å². The minimum absolute atomic E-state index is 0.101. The first-order valence-electron chi connectivity index (χ1n) is 7.67. The van der Waals surface area contributed by atoms with Crippen molar-refractivity contribution in [1.29, 1.82) is 0 Å². The number of anilines is 1. The van der Waals surface area contributed by atoms with E-state index < -0.39 is 49.1 Å². The van der Waals surface area contributed by atoms with E-state index in [2.05, 4.69) is 5.32 Å². The number of carbonyl (C=O) groups is 3. The molecule has 1 saturated heterocycles. The second-order valence-electron chi connectivity index (χ2n) is 5.75. The average molecular weight is 394 g/mol. The van der Waals surface area contributed by atoms with Crippen LogP contribution < -0.4 is 5.32 Å². The maximum absolute atomic E-state index is 13.0.